The van der Waals surface area contributed by atoms with E-state index in [0.29, 0.717) is 17.9 Å². The minimum atomic E-state index is -0.252. The Labute approximate surface area is 107 Å². The van der Waals surface area contributed by atoms with Gasteiger partial charge in [0.2, 0.25) is 0 Å². The number of esters is 1. The molecule has 0 N–H and O–H groups in total. The average molecular weight is 307 g/mol. The van der Waals surface area contributed by atoms with Gasteiger partial charge in [0.1, 0.15) is 5.82 Å². The van der Waals surface area contributed by atoms with E-state index in [0.717, 1.165) is 10.0 Å². The first kappa shape index (κ1) is 13.5. The molecule has 1 aromatic carbocycles. The van der Waals surface area contributed by atoms with Gasteiger partial charge in [-0.15, -0.1) is 0 Å². The highest BCUT2D eigenvalue weighted by molar-refractivity contribution is 9.10. The highest BCUT2D eigenvalue weighted by Gasteiger charge is 2.02. The summed E-state index contributed by atoms with van der Waals surface area (Å²) in [5.74, 6) is 0.902. The molecule has 0 heterocycles. The molecular formula is C11H12BrFO2S. The third-order valence-electron chi connectivity index (χ3n) is 1.87. The Morgan fingerprint density at radius 1 is 1.50 bits per heavy atom. The number of ether oxygens (including phenoxy) is 1. The Bertz CT molecular complexity index is 351. The number of hydrogen-bond acceptors (Lipinski definition) is 3. The van der Waals surface area contributed by atoms with E-state index in [1.54, 1.807) is 11.8 Å². The maximum absolute atomic E-state index is 13.0. The lowest BCUT2D eigenvalue weighted by Gasteiger charge is -2.02. The van der Waals surface area contributed by atoms with Crippen LogP contribution in [0.3, 0.4) is 0 Å². The summed E-state index contributed by atoms with van der Waals surface area (Å²) in [7, 11) is 1.37. The molecule has 2 nitrogen and oxygen atoms in total. The van der Waals surface area contributed by atoms with Crippen molar-refractivity contribution in [1.29, 1.82) is 0 Å². The molecule has 0 atom stereocenters. The van der Waals surface area contributed by atoms with Gasteiger partial charge in [-0.1, -0.05) is 15.9 Å². The molecule has 88 valence electrons. The van der Waals surface area contributed by atoms with Gasteiger partial charge in [-0.2, -0.15) is 11.8 Å². The number of carbonyl (C=O) groups excluding carboxylic acids is 1. The second kappa shape index (κ2) is 6.91. The van der Waals surface area contributed by atoms with Crippen LogP contribution in [0.2, 0.25) is 0 Å². The van der Waals surface area contributed by atoms with Crippen LogP contribution in [0.5, 0.6) is 0 Å². The van der Waals surface area contributed by atoms with Crippen molar-refractivity contribution >= 4 is 33.7 Å². The maximum atomic E-state index is 13.0. The van der Waals surface area contributed by atoms with Crippen LogP contribution in [0.25, 0.3) is 0 Å². The molecule has 0 aliphatic heterocycles. The summed E-state index contributed by atoms with van der Waals surface area (Å²) in [5.41, 5.74) is 0.904. The van der Waals surface area contributed by atoms with Crippen LogP contribution in [0.15, 0.2) is 22.7 Å². The second-order valence-electron chi connectivity index (χ2n) is 3.16. The summed E-state index contributed by atoms with van der Waals surface area (Å²) < 4.78 is 18.3. The predicted molar refractivity (Wildman–Crippen MR) is 66.9 cm³/mol. The quantitative estimate of drug-likeness (QED) is 0.616. The standard InChI is InChI=1S/C11H12BrFO2S/c1-15-11(14)2-3-16-7-8-4-9(12)6-10(13)5-8/h4-6H,2-3,7H2,1H3. The van der Waals surface area contributed by atoms with E-state index in [1.807, 2.05) is 6.07 Å². The second-order valence-corrected chi connectivity index (χ2v) is 5.18. The summed E-state index contributed by atoms with van der Waals surface area (Å²) in [6.07, 6.45) is 0.387. The summed E-state index contributed by atoms with van der Waals surface area (Å²) >= 11 is 4.81. The molecule has 0 unspecified atom stereocenters. The molecule has 16 heavy (non-hydrogen) atoms. The van der Waals surface area contributed by atoms with Gasteiger partial charge in [-0.3, -0.25) is 4.79 Å². The summed E-state index contributed by atoms with van der Waals surface area (Å²) in [5, 5.41) is 0. The van der Waals surface area contributed by atoms with Gasteiger partial charge in [-0.25, -0.2) is 4.39 Å². The number of benzene rings is 1. The van der Waals surface area contributed by atoms with Crippen LogP contribution in [0.4, 0.5) is 4.39 Å². The van der Waals surface area contributed by atoms with E-state index in [4.69, 9.17) is 0 Å². The van der Waals surface area contributed by atoms with Crippen molar-refractivity contribution < 1.29 is 13.9 Å². The molecule has 1 rings (SSSR count). The van der Waals surface area contributed by atoms with Crippen molar-refractivity contribution in [3.05, 3.63) is 34.1 Å². The number of rotatable bonds is 5. The van der Waals surface area contributed by atoms with Crippen LogP contribution < -0.4 is 0 Å². The lowest BCUT2D eigenvalue weighted by Crippen LogP contribution is -2.01. The van der Waals surface area contributed by atoms with E-state index >= 15 is 0 Å². The molecule has 1 aromatic rings. The first-order valence-electron chi connectivity index (χ1n) is 4.71. The van der Waals surface area contributed by atoms with Gasteiger partial charge in [-0.05, 0) is 23.8 Å². The smallest absolute Gasteiger partial charge is 0.306 e. The number of hydrogen-bond donors (Lipinski definition) is 0. The van der Waals surface area contributed by atoms with Gasteiger partial charge < -0.3 is 4.74 Å². The van der Waals surface area contributed by atoms with E-state index in [2.05, 4.69) is 20.7 Å². The van der Waals surface area contributed by atoms with Gasteiger partial charge in [0.25, 0.3) is 0 Å². The molecule has 5 heteroatoms. The van der Waals surface area contributed by atoms with Gasteiger partial charge in [0.15, 0.2) is 0 Å². The fraction of sp³-hybridized carbons (Fsp3) is 0.364. The lowest BCUT2D eigenvalue weighted by atomic mass is 10.2. The van der Waals surface area contributed by atoms with Crippen LogP contribution in [-0.2, 0) is 15.3 Å². The maximum Gasteiger partial charge on any atom is 0.306 e. The number of methoxy groups -OCH3 is 1. The van der Waals surface area contributed by atoms with Crippen LogP contribution in [-0.4, -0.2) is 18.8 Å². The predicted octanol–water partition coefficient (Wildman–Crippen LogP) is 3.38. The Morgan fingerprint density at radius 3 is 2.88 bits per heavy atom. The van der Waals surface area contributed by atoms with Gasteiger partial charge >= 0.3 is 5.97 Å². The summed E-state index contributed by atoms with van der Waals surface area (Å²) in [6.45, 7) is 0. The molecule has 0 spiro atoms. The third-order valence-corrected chi connectivity index (χ3v) is 3.36. The first-order chi connectivity index (χ1) is 7.61. The number of thioether (sulfide) groups is 1. The Morgan fingerprint density at radius 2 is 2.25 bits per heavy atom. The van der Waals surface area contributed by atoms with Crippen molar-refractivity contribution in [2.24, 2.45) is 0 Å². The Hall–Kier alpha value is -0.550. The minimum absolute atomic E-state index is 0.215. The molecule has 0 aromatic heterocycles. The number of halogens is 2. The topological polar surface area (TPSA) is 26.3 Å². The fourth-order valence-electron chi connectivity index (χ4n) is 1.14. The molecule has 0 aliphatic rings. The van der Waals surface area contributed by atoms with E-state index in [1.165, 1.54) is 19.2 Å². The lowest BCUT2D eigenvalue weighted by molar-refractivity contribution is -0.140. The van der Waals surface area contributed by atoms with Crippen molar-refractivity contribution in [3.63, 3.8) is 0 Å². The molecule has 0 fully saturated rings. The minimum Gasteiger partial charge on any atom is -0.469 e. The van der Waals surface area contributed by atoms with Gasteiger partial charge in [0.05, 0.1) is 13.5 Å². The molecule has 0 bridgehead atoms. The monoisotopic (exact) mass is 306 g/mol. The zero-order valence-electron chi connectivity index (χ0n) is 8.83. The summed E-state index contributed by atoms with van der Waals surface area (Å²) in [6, 6.07) is 4.78. The van der Waals surface area contributed by atoms with E-state index in [-0.39, 0.29) is 11.8 Å². The van der Waals surface area contributed by atoms with Crippen molar-refractivity contribution in [2.45, 2.75) is 12.2 Å². The highest BCUT2D eigenvalue weighted by Crippen LogP contribution is 2.19. The molecule has 0 radical (unpaired) electrons. The van der Waals surface area contributed by atoms with E-state index in [9.17, 15) is 9.18 Å². The Kier molecular flexibility index (Phi) is 5.84. The third kappa shape index (κ3) is 4.99. The van der Waals surface area contributed by atoms with Crippen LogP contribution in [0, 0.1) is 5.82 Å². The van der Waals surface area contributed by atoms with Crippen molar-refractivity contribution in [3.8, 4) is 0 Å². The molecule has 0 amide bonds. The average Bonchev–Trinajstić information content (AvgIpc) is 2.22. The highest BCUT2D eigenvalue weighted by atomic mass is 79.9. The molecule has 0 aliphatic carbocycles. The zero-order valence-corrected chi connectivity index (χ0v) is 11.2. The molecule has 0 saturated carbocycles. The van der Waals surface area contributed by atoms with E-state index < -0.39 is 0 Å². The van der Waals surface area contributed by atoms with Crippen LogP contribution >= 0.6 is 27.7 Å². The normalized spacial score (nSPS) is 10.2. The molecule has 0 saturated heterocycles. The van der Waals surface area contributed by atoms with Crippen LogP contribution in [0.1, 0.15) is 12.0 Å². The van der Waals surface area contributed by atoms with Gasteiger partial charge in [0, 0.05) is 16.0 Å². The van der Waals surface area contributed by atoms with Crippen molar-refractivity contribution in [1.82, 2.24) is 0 Å². The fourth-order valence-corrected chi connectivity index (χ4v) is 2.51. The largest absolute Gasteiger partial charge is 0.469 e. The summed E-state index contributed by atoms with van der Waals surface area (Å²) in [4.78, 5) is 10.8. The Balaban J connectivity index is 2.34. The molecular weight excluding hydrogens is 295 g/mol. The van der Waals surface area contributed by atoms with Crippen molar-refractivity contribution in [2.75, 3.05) is 12.9 Å². The zero-order chi connectivity index (χ0) is 12.0. The SMILES string of the molecule is COC(=O)CCSCc1cc(F)cc(Br)c1. The first-order valence-corrected chi connectivity index (χ1v) is 6.66. The number of carbonyl (C=O) groups is 1.